The van der Waals surface area contributed by atoms with E-state index in [9.17, 15) is 0 Å². The van der Waals surface area contributed by atoms with E-state index >= 15 is 0 Å². The fourth-order valence-corrected chi connectivity index (χ4v) is 2.07. The zero-order chi connectivity index (χ0) is 11.7. The number of likely N-dealkylation sites (tertiary alicyclic amines) is 1. The van der Waals surface area contributed by atoms with Crippen molar-refractivity contribution >= 4 is 0 Å². The van der Waals surface area contributed by atoms with Crippen LogP contribution in [0.3, 0.4) is 0 Å². The maximum atomic E-state index is 5.69. The Kier molecular flexibility index (Phi) is 3.25. The molecule has 0 amide bonds. The third-order valence-corrected chi connectivity index (χ3v) is 3.16. The number of rotatable bonds is 3. The van der Waals surface area contributed by atoms with Crippen LogP contribution in [0.2, 0.25) is 0 Å². The van der Waals surface area contributed by atoms with Gasteiger partial charge in [0.15, 0.2) is 5.82 Å². The quantitative estimate of drug-likeness (QED) is 0.837. The molecule has 90 valence electrons. The Morgan fingerprint density at radius 3 is 2.69 bits per heavy atom. The second-order valence-corrected chi connectivity index (χ2v) is 4.85. The van der Waals surface area contributed by atoms with E-state index in [0.29, 0.717) is 17.9 Å². The highest BCUT2D eigenvalue weighted by atomic mass is 16.5. The summed E-state index contributed by atoms with van der Waals surface area (Å²) < 4.78 is 5.13. The topological polar surface area (TPSA) is 68.2 Å². The number of aromatic nitrogens is 2. The molecule has 2 rings (SSSR count). The van der Waals surface area contributed by atoms with E-state index in [2.05, 4.69) is 28.9 Å². The van der Waals surface area contributed by atoms with Crippen LogP contribution in [0.1, 0.15) is 50.9 Å². The molecule has 1 saturated heterocycles. The van der Waals surface area contributed by atoms with Crippen molar-refractivity contribution in [3.8, 4) is 0 Å². The van der Waals surface area contributed by atoms with Crippen molar-refractivity contribution in [3.63, 3.8) is 0 Å². The van der Waals surface area contributed by atoms with Crippen molar-refractivity contribution in [2.24, 2.45) is 5.73 Å². The summed E-state index contributed by atoms with van der Waals surface area (Å²) in [6.07, 6.45) is 1.11. The molecular weight excluding hydrogens is 204 g/mol. The van der Waals surface area contributed by atoms with Gasteiger partial charge in [0, 0.05) is 18.5 Å². The van der Waals surface area contributed by atoms with E-state index in [-0.39, 0.29) is 6.04 Å². The fourth-order valence-electron chi connectivity index (χ4n) is 2.07. The van der Waals surface area contributed by atoms with Gasteiger partial charge in [0.25, 0.3) is 0 Å². The standard InChI is InChI=1S/C11H20N4O/c1-7(2)15-5-4-9(6-15)10-13-11(8(3)12)16-14-10/h7-9H,4-6,12H2,1-3H3. The first-order chi connectivity index (χ1) is 7.58. The van der Waals surface area contributed by atoms with Gasteiger partial charge in [-0.2, -0.15) is 4.98 Å². The lowest BCUT2D eigenvalue weighted by Crippen LogP contribution is -2.28. The maximum Gasteiger partial charge on any atom is 0.243 e. The SMILES string of the molecule is CC(N)c1nc(C2CCN(C(C)C)C2)no1. The van der Waals surface area contributed by atoms with Crippen LogP contribution in [0.4, 0.5) is 0 Å². The summed E-state index contributed by atoms with van der Waals surface area (Å²) in [6.45, 7) is 8.42. The maximum absolute atomic E-state index is 5.69. The molecule has 0 bridgehead atoms. The Morgan fingerprint density at radius 1 is 1.44 bits per heavy atom. The van der Waals surface area contributed by atoms with Gasteiger partial charge >= 0.3 is 0 Å². The van der Waals surface area contributed by atoms with E-state index in [1.807, 2.05) is 6.92 Å². The van der Waals surface area contributed by atoms with Crippen LogP contribution in [0.5, 0.6) is 0 Å². The Hall–Kier alpha value is -0.940. The van der Waals surface area contributed by atoms with E-state index in [4.69, 9.17) is 10.3 Å². The average Bonchev–Trinajstić information content (AvgIpc) is 2.86. The Bertz CT molecular complexity index is 348. The van der Waals surface area contributed by atoms with Crippen molar-refractivity contribution in [1.82, 2.24) is 15.0 Å². The van der Waals surface area contributed by atoms with E-state index in [1.165, 1.54) is 0 Å². The highest BCUT2D eigenvalue weighted by Crippen LogP contribution is 2.26. The van der Waals surface area contributed by atoms with Crippen molar-refractivity contribution in [2.75, 3.05) is 13.1 Å². The van der Waals surface area contributed by atoms with E-state index < -0.39 is 0 Å². The molecule has 1 aliphatic rings. The third kappa shape index (κ3) is 2.25. The molecule has 1 fully saturated rings. The molecule has 0 saturated carbocycles. The lowest BCUT2D eigenvalue weighted by molar-refractivity contribution is 0.271. The van der Waals surface area contributed by atoms with Crippen molar-refractivity contribution < 1.29 is 4.52 Å². The van der Waals surface area contributed by atoms with Gasteiger partial charge in [0.05, 0.1) is 6.04 Å². The Morgan fingerprint density at radius 2 is 2.19 bits per heavy atom. The highest BCUT2D eigenvalue weighted by Gasteiger charge is 2.29. The van der Waals surface area contributed by atoms with Gasteiger partial charge in [-0.1, -0.05) is 5.16 Å². The molecule has 2 heterocycles. The van der Waals surface area contributed by atoms with Crippen LogP contribution in [-0.4, -0.2) is 34.2 Å². The monoisotopic (exact) mass is 224 g/mol. The molecule has 1 aromatic heterocycles. The smallest absolute Gasteiger partial charge is 0.243 e. The molecular formula is C11H20N4O. The third-order valence-electron chi connectivity index (χ3n) is 3.16. The molecule has 2 atom stereocenters. The summed E-state index contributed by atoms with van der Waals surface area (Å²) >= 11 is 0. The molecule has 1 aliphatic heterocycles. The first-order valence-corrected chi connectivity index (χ1v) is 5.91. The van der Waals surface area contributed by atoms with Crippen LogP contribution in [-0.2, 0) is 0 Å². The molecule has 5 heteroatoms. The summed E-state index contributed by atoms with van der Waals surface area (Å²) in [6, 6.07) is 0.411. The van der Waals surface area contributed by atoms with Gasteiger partial charge in [-0.25, -0.2) is 0 Å². The van der Waals surface area contributed by atoms with Crippen LogP contribution in [0, 0.1) is 0 Å². The molecule has 0 aliphatic carbocycles. The molecule has 0 radical (unpaired) electrons. The van der Waals surface area contributed by atoms with Crippen LogP contribution < -0.4 is 5.73 Å². The normalized spacial score (nSPS) is 24.2. The summed E-state index contributed by atoms with van der Waals surface area (Å²) in [5.74, 6) is 1.76. The first kappa shape index (κ1) is 11.5. The number of nitrogens with two attached hydrogens (primary N) is 1. The van der Waals surface area contributed by atoms with Crippen LogP contribution in [0.15, 0.2) is 4.52 Å². The summed E-state index contributed by atoms with van der Waals surface area (Å²) in [4.78, 5) is 6.79. The highest BCUT2D eigenvalue weighted by molar-refractivity contribution is 5.01. The van der Waals surface area contributed by atoms with Gasteiger partial charge in [-0.3, -0.25) is 0 Å². The van der Waals surface area contributed by atoms with Gasteiger partial charge in [-0.05, 0) is 33.7 Å². The minimum absolute atomic E-state index is 0.177. The van der Waals surface area contributed by atoms with Gasteiger partial charge < -0.3 is 15.2 Å². The van der Waals surface area contributed by atoms with Crippen molar-refractivity contribution in [3.05, 3.63) is 11.7 Å². The molecule has 5 nitrogen and oxygen atoms in total. The fraction of sp³-hybridized carbons (Fsp3) is 0.818. The minimum atomic E-state index is -0.177. The molecule has 2 N–H and O–H groups in total. The summed E-state index contributed by atoms with van der Waals surface area (Å²) in [7, 11) is 0. The van der Waals surface area contributed by atoms with Gasteiger partial charge in [-0.15, -0.1) is 0 Å². The second kappa shape index (κ2) is 4.51. The zero-order valence-corrected chi connectivity index (χ0v) is 10.2. The van der Waals surface area contributed by atoms with Crippen LogP contribution in [0.25, 0.3) is 0 Å². The molecule has 1 aromatic rings. The summed E-state index contributed by atoms with van der Waals surface area (Å²) in [5, 5.41) is 4.02. The Labute approximate surface area is 96.0 Å². The molecule has 0 aromatic carbocycles. The average molecular weight is 224 g/mol. The van der Waals surface area contributed by atoms with Crippen molar-refractivity contribution in [1.29, 1.82) is 0 Å². The lowest BCUT2D eigenvalue weighted by atomic mass is 10.1. The van der Waals surface area contributed by atoms with Gasteiger partial charge in [0.2, 0.25) is 5.89 Å². The largest absolute Gasteiger partial charge is 0.338 e. The predicted octanol–water partition coefficient (Wildman–Crippen LogP) is 1.29. The Balaban J connectivity index is 2.03. The molecule has 16 heavy (non-hydrogen) atoms. The minimum Gasteiger partial charge on any atom is -0.338 e. The second-order valence-electron chi connectivity index (χ2n) is 4.85. The van der Waals surface area contributed by atoms with E-state index in [1.54, 1.807) is 0 Å². The van der Waals surface area contributed by atoms with Gasteiger partial charge in [0.1, 0.15) is 0 Å². The zero-order valence-electron chi connectivity index (χ0n) is 10.2. The predicted molar refractivity (Wildman–Crippen MR) is 61.0 cm³/mol. The first-order valence-electron chi connectivity index (χ1n) is 5.91. The summed E-state index contributed by atoms with van der Waals surface area (Å²) in [5.41, 5.74) is 5.69. The van der Waals surface area contributed by atoms with E-state index in [0.717, 1.165) is 25.3 Å². The van der Waals surface area contributed by atoms with Crippen LogP contribution >= 0.6 is 0 Å². The number of hydrogen-bond donors (Lipinski definition) is 1. The number of hydrogen-bond acceptors (Lipinski definition) is 5. The number of nitrogens with zero attached hydrogens (tertiary/aromatic N) is 3. The molecule has 2 unspecified atom stereocenters. The molecule has 0 spiro atoms. The van der Waals surface area contributed by atoms with Crippen molar-refractivity contribution in [2.45, 2.75) is 45.2 Å². The lowest BCUT2D eigenvalue weighted by Gasteiger charge is -2.19.